The molecule has 1 unspecified atom stereocenters. The number of hydrogen-bond acceptors (Lipinski definition) is 1. The summed E-state index contributed by atoms with van der Waals surface area (Å²) in [4.78, 5) is 0. The van der Waals surface area contributed by atoms with E-state index in [1.165, 1.54) is 11.1 Å². The van der Waals surface area contributed by atoms with Crippen LogP contribution in [-0.4, -0.2) is 6.54 Å². The van der Waals surface area contributed by atoms with E-state index in [-0.39, 0.29) is 5.41 Å². The second kappa shape index (κ2) is 4.47. The van der Waals surface area contributed by atoms with E-state index >= 15 is 0 Å². The Bertz CT molecular complexity index is 448. The number of fused-ring (bicyclic) bond motifs is 1. The number of nitrogens with one attached hydrogen (secondary N) is 1. The monoisotopic (exact) mass is 249 g/mol. The molecule has 0 amide bonds. The van der Waals surface area contributed by atoms with Crippen LogP contribution in [0.15, 0.2) is 30.4 Å². The van der Waals surface area contributed by atoms with Crippen molar-refractivity contribution in [3.8, 4) is 0 Å². The highest BCUT2D eigenvalue weighted by Crippen LogP contribution is 2.45. The lowest BCUT2D eigenvalue weighted by Gasteiger charge is -2.28. The van der Waals surface area contributed by atoms with Crippen LogP contribution in [0.2, 0.25) is 5.02 Å². The van der Waals surface area contributed by atoms with Gasteiger partial charge in [0, 0.05) is 17.6 Å². The second-order valence-corrected chi connectivity index (χ2v) is 6.22. The Morgan fingerprint density at radius 1 is 1.53 bits per heavy atom. The molecule has 0 radical (unpaired) electrons. The summed E-state index contributed by atoms with van der Waals surface area (Å²) in [6.45, 7) is 11.5. The molecule has 0 heterocycles. The predicted molar refractivity (Wildman–Crippen MR) is 74.5 cm³/mol. The molecule has 17 heavy (non-hydrogen) atoms. The van der Waals surface area contributed by atoms with Crippen molar-refractivity contribution in [2.75, 3.05) is 6.54 Å². The van der Waals surface area contributed by atoms with Crippen molar-refractivity contribution < 1.29 is 0 Å². The summed E-state index contributed by atoms with van der Waals surface area (Å²) in [7, 11) is 0. The van der Waals surface area contributed by atoms with Crippen LogP contribution in [0.5, 0.6) is 0 Å². The average Bonchev–Trinajstić information content (AvgIpc) is 2.45. The molecule has 0 saturated carbocycles. The maximum Gasteiger partial charge on any atom is 0.0409 e. The van der Waals surface area contributed by atoms with Gasteiger partial charge in [0.25, 0.3) is 0 Å². The Morgan fingerprint density at radius 3 is 2.88 bits per heavy atom. The third-order valence-corrected chi connectivity index (χ3v) is 3.69. The number of halogens is 1. The lowest BCUT2D eigenvalue weighted by atomic mass is 9.85. The molecule has 1 aliphatic rings. The van der Waals surface area contributed by atoms with Gasteiger partial charge in [0.05, 0.1) is 0 Å². The van der Waals surface area contributed by atoms with Crippen LogP contribution in [0.4, 0.5) is 0 Å². The fraction of sp³-hybridized carbons (Fsp3) is 0.467. The molecular formula is C15H20ClN. The Hall–Kier alpha value is -0.790. The van der Waals surface area contributed by atoms with Gasteiger partial charge < -0.3 is 5.32 Å². The van der Waals surface area contributed by atoms with E-state index in [9.17, 15) is 0 Å². The second-order valence-electron chi connectivity index (χ2n) is 5.78. The van der Waals surface area contributed by atoms with Crippen molar-refractivity contribution in [3.63, 3.8) is 0 Å². The molecule has 1 aliphatic carbocycles. The van der Waals surface area contributed by atoms with Gasteiger partial charge in [-0.2, -0.15) is 0 Å². The summed E-state index contributed by atoms with van der Waals surface area (Å²) >= 11 is 6.10. The van der Waals surface area contributed by atoms with E-state index in [2.05, 4.69) is 37.9 Å². The van der Waals surface area contributed by atoms with Crippen LogP contribution in [0.25, 0.3) is 0 Å². The lowest BCUT2D eigenvalue weighted by Crippen LogP contribution is -2.32. The zero-order valence-corrected chi connectivity index (χ0v) is 11.6. The molecule has 0 bridgehead atoms. The SMILES string of the molecule is C=C(C)CNC1c2cc(Cl)ccc2CC1(C)C. The molecule has 0 aromatic heterocycles. The van der Waals surface area contributed by atoms with Crippen LogP contribution in [-0.2, 0) is 6.42 Å². The quantitative estimate of drug-likeness (QED) is 0.795. The third kappa shape index (κ3) is 2.56. The summed E-state index contributed by atoms with van der Waals surface area (Å²) in [6.07, 6.45) is 1.10. The van der Waals surface area contributed by atoms with Crippen molar-refractivity contribution >= 4 is 11.6 Å². The van der Waals surface area contributed by atoms with Crippen molar-refractivity contribution in [1.82, 2.24) is 5.32 Å². The molecular weight excluding hydrogens is 230 g/mol. The topological polar surface area (TPSA) is 12.0 Å². The van der Waals surface area contributed by atoms with Crippen molar-refractivity contribution in [2.45, 2.75) is 33.2 Å². The predicted octanol–water partition coefficient (Wildman–Crippen LogP) is 4.13. The first-order valence-corrected chi connectivity index (χ1v) is 6.44. The Labute approximate surface area is 109 Å². The van der Waals surface area contributed by atoms with E-state index in [0.717, 1.165) is 23.6 Å². The first-order chi connectivity index (χ1) is 7.90. The lowest BCUT2D eigenvalue weighted by molar-refractivity contribution is 0.275. The highest BCUT2D eigenvalue weighted by molar-refractivity contribution is 6.30. The molecule has 1 N–H and O–H groups in total. The van der Waals surface area contributed by atoms with Crippen LogP contribution >= 0.6 is 11.6 Å². The molecule has 2 heteroatoms. The van der Waals surface area contributed by atoms with Crippen LogP contribution in [0.1, 0.15) is 37.9 Å². The van der Waals surface area contributed by atoms with Crippen molar-refractivity contribution in [3.05, 3.63) is 46.5 Å². The highest BCUT2D eigenvalue weighted by Gasteiger charge is 2.38. The minimum atomic E-state index is 0.239. The third-order valence-electron chi connectivity index (χ3n) is 3.45. The summed E-state index contributed by atoms with van der Waals surface area (Å²) in [5, 5.41) is 4.42. The Balaban J connectivity index is 2.30. The molecule has 2 rings (SSSR count). The van der Waals surface area contributed by atoms with Gasteiger partial charge in [0.15, 0.2) is 0 Å². The molecule has 0 fully saturated rings. The highest BCUT2D eigenvalue weighted by atomic mass is 35.5. The van der Waals surface area contributed by atoms with Gasteiger partial charge in [-0.05, 0) is 42.0 Å². The normalized spacial score (nSPS) is 21.3. The first kappa shape index (κ1) is 12.7. The minimum absolute atomic E-state index is 0.239. The zero-order chi connectivity index (χ0) is 12.6. The average molecular weight is 250 g/mol. The van der Waals surface area contributed by atoms with Gasteiger partial charge in [-0.3, -0.25) is 0 Å². The fourth-order valence-corrected chi connectivity index (χ4v) is 2.85. The van der Waals surface area contributed by atoms with Crippen LogP contribution < -0.4 is 5.32 Å². The van der Waals surface area contributed by atoms with Gasteiger partial charge >= 0.3 is 0 Å². The summed E-state index contributed by atoms with van der Waals surface area (Å²) < 4.78 is 0. The largest absolute Gasteiger partial charge is 0.306 e. The van der Waals surface area contributed by atoms with E-state index in [0.29, 0.717) is 6.04 Å². The van der Waals surface area contributed by atoms with E-state index < -0.39 is 0 Å². The maximum absolute atomic E-state index is 6.10. The number of hydrogen-bond donors (Lipinski definition) is 1. The molecule has 0 spiro atoms. The first-order valence-electron chi connectivity index (χ1n) is 6.06. The van der Waals surface area contributed by atoms with Crippen molar-refractivity contribution in [2.24, 2.45) is 5.41 Å². The molecule has 1 atom stereocenters. The van der Waals surface area contributed by atoms with Gasteiger partial charge in [0.2, 0.25) is 0 Å². The molecule has 92 valence electrons. The summed E-state index contributed by atoms with van der Waals surface area (Å²) in [5.41, 5.74) is 4.17. The number of rotatable bonds is 3. The standard InChI is InChI=1S/C15H20ClN/c1-10(2)9-17-14-13-7-12(16)6-5-11(13)8-15(14,3)4/h5-7,14,17H,1,8-9H2,2-4H3. The Kier molecular flexibility index (Phi) is 3.33. The van der Waals surface area contributed by atoms with E-state index in [4.69, 9.17) is 11.6 Å². The molecule has 1 nitrogen and oxygen atoms in total. The Morgan fingerprint density at radius 2 is 2.24 bits per heavy atom. The summed E-state index contributed by atoms with van der Waals surface area (Å²) in [5.74, 6) is 0. The fourth-order valence-electron chi connectivity index (χ4n) is 2.67. The van der Waals surface area contributed by atoms with Crippen molar-refractivity contribution in [1.29, 1.82) is 0 Å². The van der Waals surface area contributed by atoms with Gasteiger partial charge in [-0.1, -0.05) is 43.7 Å². The smallest absolute Gasteiger partial charge is 0.0409 e. The molecule has 0 aliphatic heterocycles. The van der Waals surface area contributed by atoms with Crippen LogP contribution in [0, 0.1) is 5.41 Å². The van der Waals surface area contributed by atoms with Gasteiger partial charge in [0.1, 0.15) is 0 Å². The molecule has 1 aromatic carbocycles. The van der Waals surface area contributed by atoms with E-state index in [1.807, 2.05) is 13.0 Å². The minimum Gasteiger partial charge on any atom is -0.306 e. The van der Waals surface area contributed by atoms with Gasteiger partial charge in [-0.15, -0.1) is 0 Å². The number of benzene rings is 1. The van der Waals surface area contributed by atoms with Gasteiger partial charge in [-0.25, -0.2) is 0 Å². The molecule has 0 saturated heterocycles. The molecule has 1 aromatic rings. The summed E-state index contributed by atoms with van der Waals surface area (Å²) in [6, 6.07) is 6.61. The van der Waals surface area contributed by atoms with E-state index in [1.54, 1.807) is 0 Å². The maximum atomic E-state index is 6.10. The van der Waals surface area contributed by atoms with Crippen LogP contribution in [0.3, 0.4) is 0 Å². The zero-order valence-electron chi connectivity index (χ0n) is 10.8.